The van der Waals surface area contributed by atoms with Gasteiger partial charge in [-0.15, -0.1) is 4.83 Å². The van der Waals surface area contributed by atoms with Gasteiger partial charge in [-0.1, -0.05) is 29.8 Å². The summed E-state index contributed by atoms with van der Waals surface area (Å²) in [7, 11) is -8.67. The molecule has 0 unspecified atom stereocenters. The van der Waals surface area contributed by atoms with Crippen LogP contribution in [0.2, 0.25) is 0 Å². The first-order valence-electron chi connectivity index (χ1n) is 6.61. The van der Waals surface area contributed by atoms with Crippen LogP contribution in [0.4, 0.5) is 5.69 Å². The van der Waals surface area contributed by atoms with Gasteiger partial charge in [0.2, 0.25) is 0 Å². The zero-order valence-electron chi connectivity index (χ0n) is 12.9. The Morgan fingerprint density at radius 1 is 0.880 bits per heavy atom. The summed E-state index contributed by atoms with van der Waals surface area (Å²) in [4.78, 5) is 11.4. The van der Waals surface area contributed by atoms with E-state index in [9.17, 15) is 21.6 Å². The van der Waals surface area contributed by atoms with E-state index in [0.29, 0.717) is 0 Å². The first-order chi connectivity index (χ1) is 11.5. The number of nitrogens with one attached hydrogen (secondary N) is 2. The van der Waals surface area contributed by atoms with Crippen LogP contribution in [0.15, 0.2) is 53.4 Å². The highest BCUT2D eigenvalue weighted by atomic mass is 32.2. The fourth-order valence-electron chi connectivity index (χ4n) is 1.48. The van der Waals surface area contributed by atoms with E-state index >= 15 is 0 Å². The number of carbonyl (C=O) groups is 1. The first-order valence-corrected chi connectivity index (χ1v) is 9.49. The van der Waals surface area contributed by atoms with Crippen LogP contribution in [0.1, 0.15) is 15.9 Å². The summed E-state index contributed by atoms with van der Waals surface area (Å²) < 4.78 is 58.8. The van der Waals surface area contributed by atoms with Crippen LogP contribution in [-0.2, 0) is 20.4 Å². The van der Waals surface area contributed by atoms with E-state index in [1.165, 1.54) is 17.7 Å². The van der Waals surface area contributed by atoms with Crippen molar-refractivity contribution in [2.75, 3.05) is 5.43 Å². The van der Waals surface area contributed by atoms with E-state index in [-0.39, 0.29) is 10.6 Å². The van der Waals surface area contributed by atoms with E-state index in [0.717, 1.165) is 24.0 Å². The van der Waals surface area contributed by atoms with Crippen molar-refractivity contribution in [2.45, 2.75) is 11.8 Å². The van der Waals surface area contributed by atoms with Gasteiger partial charge in [-0.3, -0.25) is 13.9 Å². The predicted molar refractivity (Wildman–Crippen MR) is 91.1 cm³/mol. The monoisotopic (exact) mass is 388 g/mol. The summed E-state index contributed by atoms with van der Waals surface area (Å²) in [6, 6.07) is 12.0. The molecular weight excluding hydrogens is 372 g/mol. The molecule has 2 aromatic carbocycles. The lowest BCUT2D eigenvalue weighted by atomic mass is 10.2. The Labute approximate surface area is 145 Å². The van der Waals surface area contributed by atoms with Crippen molar-refractivity contribution >= 4 is 32.4 Å². The first kappa shape index (κ1) is 20.7. The van der Waals surface area contributed by atoms with Crippen LogP contribution >= 0.6 is 0 Å². The topological polar surface area (TPSA) is 150 Å². The highest BCUT2D eigenvalue weighted by Gasteiger charge is 2.08. The van der Waals surface area contributed by atoms with E-state index < -0.39 is 20.4 Å². The fourth-order valence-corrected chi connectivity index (χ4v) is 2.21. The molecule has 2 aromatic rings. The highest BCUT2D eigenvalue weighted by Crippen LogP contribution is 2.12. The molecule has 0 aliphatic heterocycles. The second-order valence-electron chi connectivity index (χ2n) is 4.73. The standard InChI is InChI=1S/C8H8O.C6H8N2O6S2/c1-7-2-4-8(6-9)5-3-7;9-15(10,11)6-3-1-5(2-4-6)7-8-16(12,13)14/h2-6H,1H3;1-4,7-8H,(H,9,10,11)(H,12,13,14). The van der Waals surface area contributed by atoms with Crippen LogP contribution in [-0.4, -0.2) is 32.2 Å². The lowest BCUT2D eigenvalue weighted by Gasteiger charge is -2.05. The number of rotatable bonds is 5. The number of hydrogen-bond donors (Lipinski definition) is 4. The summed E-state index contributed by atoms with van der Waals surface area (Å²) >= 11 is 0. The molecule has 0 saturated heterocycles. The molecule has 0 aliphatic carbocycles. The molecule has 9 nitrogen and oxygen atoms in total. The maximum atomic E-state index is 10.6. The Balaban J connectivity index is 0.000000293. The minimum Gasteiger partial charge on any atom is -0.306 e. The molecule has 0 aromatic heterocycles. The minimum absolute atomic E-state index is 0.185. The summed E-state index contributed by atoms with van der Waals surface area (Å²) in [5.41, 5.74) is 4.20. The summed E-state index contributed by atoms with van der Waals surface area (Å²) in [6.07, 6.45) is 0.847. The Morgan fingerprint density at radius 2 is 1.40 bits per heavy atom. The number of carbonyl (C=O) groups excluding carboxylic acids is 1. The Kier molecular flexibility index (Phi) is 7.21. The SMILES string of the molecule is Cc1ccc(C=O)cc1.O=S(=O)(O)NNc1ccc(S(=O)(=O)O)cc1. The zero-order valence-corrected chi connectivity index (χ0v) is 14.6. The number of aryl methyl sites for hydroxylation is 1. The molecule has 0 bridgehead atoms. The molecule has 0 atom stereocenters. The lowest BCUT2D eigenvalue weighted by molar-refractivity contribution is 0.112. The maximum absolute atomic E-state index is 10.6. The second-order valence-corrected chi connectivity index (χ2v) is 7.31. The Hall–Kier alpha value is -2.31. The van der Waals surface area contributed by atoms with E-state index in [2.05, 4.69) is 5.43 Å². The maximum Gasteiger partial charge on any atom is 0.350 e. The molecule has 0 aliphatic rings. The predicted octanol–water partition coefficient (Wildman–Crippen LogP) is 1.46. The summed E-state index contributed by atoms with van der Waals surface area (Å²) in [5.74, 6) is 0. The van der Waals surface area contributed by atoms with Crippen molar-refractivity contribution in [1.29, 1.82) is 0 Å². The van der Waals surface area contributed by atoms with Crippen molar-refractivity contribution in [2.24, 2.45) is 0 Å². The average molecular weight is 388 g/mol. The average Bonchev–Trinajstić information content (AvgIpc) is 2.53. The number of hydrogen-bond acceptors (Lipinski definition) is 6. The molecule has 0 saturated carbocycles. The largest absolute Gasteiger partial charge is 0.350 e. The third kappa shape index (κ3) is 8.37. The van der Waals surface area contributed by atoms with Gasteiger partial charge in [0.25, 0.3) is 10.1 Å². The Bertz CT molecular complexity index is 907. The van der Waals surface area contributed by atoms with E-state index in [1.807, 2.05) is 31.2 Å². The summed E-state index contributed by atoms with van der Waals surface area (Å²) in [5, 5.41) is 0. The van der Waals surface area contributed by atoms with Crippen LogP contribution in [0.5, 0.6) is 0 Å². The van der Waals surface area contributed by atoms with Crippen LogP contribution in [0.3, 0.4) is 0 Å². The second kappa shape index (κ2) is 8.69. The smallest absolute Gasteiger partial charge is 0.306 e. The molecule has 11 heteroatoms. The summed E-state index contributed by atoms with van der Waals surface area (Å²) in [6.45, 7) is 1.99. The fraction of sp³-hybridized carbons (Fsp3) is 0.0714. The van der Waals surface area contributed by atoms with Crippen molar-refractivity contribution < 1.29 is 30.7 Å². The molecule has 0 amide bonds. The van der Waals surface area contributed by atoms with Gasteiger partial charge in [0.1, 0.15) is 6.29 Å². The molecule has 0 fully saturated rings. The van der Waals surface area contributed by atoms with Crippen molar-refractivity contribution in [1.82, 2.24) is 4.83 Å². The number of benzene rings is 2. The highest BCUT2D eigenvalue weighted by molar-refractivity contribution is 7.85. The minimum atomic E-state index is -4.39. The normalized spacial score (nSPS) is 11.2. The third-order valence-electron chi connectivity index (χ3n) is 2.69. The number of hydrazine groups is 1. The lowest BCUT2D eigenvalue weighted by Crippen LogP contribution is -2.28. The molecular formula is C14H16N2O7S2. The van der Waals surface area contributed by atoms with Gasteiger partial charge in [-0.05, 0) is 31.2 Å². The van der Waals surface area contributed by atoms with Crippen molar-refractivity contribution in [3.8, 4) is 0 Å². The molecule has 2 rings (SSSR count). The molecule has 4 N–H and O–H groups in total. The van der Waals surface area contributed by atoms with Gasteiger partial charge in [0.05, 0.1) is 4.90 Å². The van der Waals surface area contributed by atoms with E-state index in [1.54, 1.807) is 4.83 Å². The van der Waals surface area contributed by atoms with Gasteiger partial charge in [-0.2, -0.15) is 16.8 Å². The van der Waals surface area contributed by atoms with Crippen LogP contribution in [0, 0.1) is 6.92 Å². The van der Waals surface area contributed by atoms with Gasteiger partial charge in [-0.25, -0.2) is 0 Å². The van der Waals surface area contributed by atoms with Gasteiger partial charge in [0.15, 0.2) is 0 Å². The Morgan fingerprint density at radius 3 is 1.80 bits per heavy atom. The molecule has 0 heterocycles. The van der Waals surface area contributed by atoms with Gasteiger partial charge < -0.3 is 5.43 Å². The molecule has 136 valence electrons. The molecule has 0 spiro atoms. The zero-order chi connectivity index (χ0) is 19.1. The van der Waals surface area contributed by atoms with Gasteiger partial charge >= 0.3 is 10.3 Å². The number of anilines is 1. The molecule has 0 radical (unpaired) electrons. The number of aldehydes is 1. The third-order valence-corrected chi connectivity index (χ3v) is 3.92. The van der Waals surface area contributed by atoms with Gasteiger partial charge in [0, 0.05) is 11.3 Å². The van der Waals surface area contributed by atoms with Crippen molar-refractivity contribution in [3.63, 3.8) is 0 Å². The molecule has 25 heavy (non-hydrogen) atoms. The van der Waals surface area contributed by atoms with Crippen LogP contribution < -0.4 is 10.3 Å². The quantitative estimate of drug-likeness (QED) is 0.341. The van der Waals surface area contributed by atoms with Crippen molar-refractivity contribution in [3.05, 3.63) is 59.7 Å². The van der Waals surface area contributed by atoms with Crippen LogP contribution in [0.25, 0.3) is 0 Å². The van der Waals surface area contributed by atoms with E-state index in [4.69, 9.17) is 9.11 Å².